The van der Waals surface area contributed by atoms with Gasteiger partial charge in [-0.2, -0.15) is 0 Å². The molecule has 1 aliphatic heterocycles. The van der Waals surface area contributed by atoms with Crippen LogP contribution in [0.1, 0.15) is 40.5 Å². The normalized spacial score (nSPS) is 25.3. The second-order valence-electron chi connectivity index (χ2n) is 6.12. The Morgan fingerprint density at radius 3 is 2.61 bits per heavy atom. The smallest absolute Gasteiger partial charge is 0.244 e. The predicted molar refractivity (Wildman–Crippen MR) is 71.2 cm³/mol. The van der Waals surface area contributed by atoms with Crippen molar-refractivity contribution in [3.05, 3.63) is 11.6 Å². The minimum absolute atomic E-state index is 0.00629. The van der Waals surface area contributed by atoms with E-state index in [4.69, 9.17) is 9.84 Å². The molecule has 0 aromatic rings. The number of aliphatic hydroxyl groups is 1. The molecule has 4 nitrogen and oxygen atoms in total. The van der Waals surface area contributed by atoms with E-state index in [0.717, 1.165) is 12.0 Å². The van der Waals surface area contributed by atoms with Crippen LogP contribution < -0.4 is 5.32 Å². The van der Waals surface area contributed by atoms with Gasteiger partial charge in [0.05, 0.1) is 12.1 Å². The van der Waals surface area contributed by atoms with Gasteiger partial charge in [-0.25, -0.2) is 0 Å². The maximum Gasteiger partial charge on any atom is 0.244 e. The fraction of sp³-hybridized carbons (Fsp3) is 0.786. The lowest BCUT2D eigenvalue weighted by Gasteiger charge is -2.28. The van der Waals surface area contributed by atoms with Gasteiger partial charge in [0.15, 0.2) is 0 Å². The summed E-state index contributed by atoms with van der Waals surface area (Å²) in [7, 11) is 0. The largest absolute Gasteiger partial charge is 0.396 e. The molecule has 1 heterocycles. The van der Waals surface area contributed by atoms with E-state index < -0.39 is 0 Å². The van der Waals surface area contributed by atoms with Crippen molar-refractivity contribution in [3.63, 3.8) is 0 Å². The number of rotatable bonds is 4. The summed E-state index contributed by atoms with van der Waals surface area (Å²) in [6.07, 6.45) is 2.96. The van der Waals surface area contributed by atoms with E-state index in [1.165, 1.54) is 0 Å². The molecule has 1 atom stereocenters. The Morgan fingerprint density at radius 2 is 2.17 bits per heavy atom. The van der Waals surface area contributed by atoms with Gasteiger partial charge in [-0.1, -0.05) is 26.3 Å². The highest BCUT2D eigenvalue weighted by Crippen LogP contribution is 2.25. The van der Waals surface area contributed by atoms with Gasteiger partial charge in [0.1, 0.15) is 0 Å². The summed E-state index contributed by atoms with van der Waals surface area (Å²) in [6.45, 7) is 9.38. The first-order valence-electron chi connectivity index (χ1n) is 6.49. The molecule has 1 aliphatic rings. The molecule has 18 heavy (non-hydrogen) atoms. The van der Waals surface area contributed by atoms with Crippen LogP contribution >= 0.6 is 0 Å². The number of ether oxygens (including phenoxy) is 1. The lowest BCUT2D eigenvalue weighted by atomic mass is 9.87. The average molecular weight is 255 g/mol. The molecule has 0 unspecified atom stereocenters. The maximum absolute atomic E-state index is 12.0. The highest BCUT2D eigenvalue weighted by molar-refractivity contribution is 5.89. The number of amides is 1. The maximum atomic E-state index is 12.0. The second-order valence-corrected chi connectivity index (χ2v) is 6.12. The molecule has 0 spiro atoms. The van der Waals surface area contributed by atoms with E-state index in [2.05, 4.69) is 26.1 Å². The van der Waals surface area contributed by atoms with Crippen LogP contribution in [-0.4, -0.2) is 36.4 Å². The number of hydrogen-bond acceptors (Lipinski definition) is 3. The molecule has 0 aliphatic carbocycles. The van der Waals surface area contributed by atoms with Crippen LogP contribution in [0.3, 0.4) is 0 Å². The Kier molecular flexibility index (Phi) is 4.93. The highest BCUT2D eigenvalue weighted by Gasteiger charge is 2.35. The van der Waals surface area contributed by atoms with E-state index in [1.54, 1.807) is 6.08 Å². The fourth-order valence-corrected chi connectivity index (χ4v) is 1.89. The van der Waals surface area contributed by atoms with Gasteiger partial charge in [-0.05, 0) is 25.2 Å². The van der Waals surface area contributed by atoms with Crippen LogP contribution in [-0.2, 0) is 9.53 Å². The third-order valence-electron chi connectivity index (χ3n) is 3.61. The number of aliphatic hydroxyl groups excluding tert-OH is 1. The molecule has 0 radical (unpaired) electrons. The molecule has 0 aromatic heterocycles. The SMILES string of the molecule is C/C(=C\C(=O)N[C@]1(CCO)CCOC1)C(C)(C)C. The third kappa shape index (κ3) is 4.10. The summed E-state index contributed by atoms with van der Waals surface area (Å²) in [4.78, 5) is 12.0. The number of carbonyl (C=O) groups is 1. The number of nitrogens with one attached hydrogen (secondary N) is 1. The fourth-order valence-electron chi connectivity index (χ4n) is 1.89. The zero-order chi connectivity index (χ0) is 13.8. The van der Waals surface area contributed by atoms with Gasteiger partial charge in [-0.3, -0.25) is 4.79 Å². The molecule has 2 N–H and O–H groups in total. The molecule has 0 saturated carbocycles. The lowest BCUT2D eigenvalue weighted by molar-refractivity contribution is -0.118. The molecule has 0 aromatic carbocycles. The molecule has 1 amide bonds. The first-order chi connectivity index (χ1) is 8.29. The van der Waals surface area contributed by atoms with Gasteiger partial charge in [0, 0.05) is 19.3 Å². The van der Waals surface area contributed by atoms with Crippen LogP contribution in [0.15, 0.2) is 11.6 Å². The molecule has 1 saturated heterocycles. The van der Waals surface area contributed by atoms with Crippen molar-refractivity contribution in [1.82, 2.24) is 5.32 Å². The van der Waals surface area contributed by atoms with Crippen molar-refractivity contribution in [3.8, 4) is 0 Å². The summed E-state index contributed by atoms with van der Waals surface area (Å²) in [6, 6.07) is 0. The quantitative estimate of drug-likeness (QED) is 0.751. The average Bonchev–Trinajstić information content (AvgIpc) is 2.65. The van der Waals surface area contributed by atoms with Crippen molar-refractivity contribution in [2.75, 3.05) is 19.8 Å². The van der Waals surface area contributed by atoms with Crippen molar-refractivity contribution >= 4 is 5.91 Å². The summed E-state index contributed by atoms with van der Waals surface area (Å²) < 4.78 is 5.34. The van der Waals surface area contributed by atoms with Crippen molar-refractivity contribution in [1.29, 1.82) is 0 Å². The number of hydrogen-bond donors (Lipinski definition) is 2. The molecule has 4 heteroatoms. The van der Waals surface area contributed by atoms with Crippen molar-refractivity contribution in [2.45, 2.75) is 46.1 Å². The van der Waals surface area contributed by atoms with Gasteiger partial charge >= 0.3 is 0 Å². The number of allylic oxidation sites excluding steroid dienone is 1. The summed E-state index contributed by atoms with van der Waals surface area (Å²) >= 11 is 0. The van der Waals surface area contributed by atoms with Gasteiger partial charge in [0.2, 0.25) is 5.91 Å². The zero-order valence-electron chi connectivity index (χ0n) is 11.9. The molecule has 1 rings (SSSR count). The standard InChI is InChI=1S/C14H25NO3/c1-11(13(2,3)4)9-12(17)15-14(5-7-16)6-8-18-10-14/h9,16H,5-8,10H2,1-4H3,(H,15,17)/b11-9+/t14-/m1/s1. The molecule has 1 fully saturated rings. The van der Waals surface area contributed by atoms with E-state index in [0.29, 0.717) is 19.6 Å². The van der Waals surface area contributed by atoms with Gasteiger partial charge in [0.25, 0.3) is 0 Å². The summed E-state index contributed by atoms with van der Waals surface area (Å²) in [5.41, 5.74) is 0.645. The molecular weight excluding hydrogens is 230 g/mol. The summed E-state index contributed by atoms with van der Waals surface area (Å²) in [5.74, 6) is -0.0959. The topological polar surface area (TPSA) is 58.6 Å². The molecule has 104 valence electrons. The number of carbonyl (C=O) groups excluding carboxylic acids is 1. The molecule has 0 bridgehead atoms. The zero-order valence-corrected chi connectivity index (χ0v) is 11.9. The monoisotopic (exact) mass is 255 g/mol. The Hall–Kier alpha value is -0.870. The first-order valence-corrected chi connectivity index (χ1v) is 6.49. The van der Waals surface area contributed by atoms with Crippen LogP contribution in [0.4, 0.5) is 0 Å². The van der Waals surface area contributed by atoms with Crippen molar-refractivity contribution in [2.24, 2.45) is 5.41 Å². The Labute approximate surface area is 109 Å². The first kappa shape index (κ1) is 15.2. The van der Waals surface area contributed by atoms with E-state index in [9.17, 15) is 4.79 Å². The van der Waals surface area contributed by atoms with Crippen LogP contribution in [0.5, 0.6) is 0 Å². The Bertz CT molecular complexity index is 322. The lowest BCUT2D eigenvalue weighted by Crippen LogP contribution is -2.49. The van der Waals surface area contributed by atoms with E-state index in [-0.39, 0.29) is 23.5 Å². The summed E-state index contributed by atoms with van der Waals surface area (Å²) in [5, 5.41) is 12.1. The minimum atomic E-state index is -0.388. The minimum Gasteiger partial charge on any atom is -0.396 e. The van der Waals surface area contributed by atoms with Crippen molar-refractivity contribution < 1.29 is 14.6 Å². The highest BCUT2D eigenvalue weighted by atomic mass is 16.5. The Balaban J connectivity index is 2.68. The van der Waals surface area contributed by atoms with Crippen LogP contribution in [0.2, 0.25) is 0 Å². The Morgan fingerprint density at radius 1 is 1.50 bits per heavy atom. The third-order valence-corrected chi connectivity index (χ3v) is 3.61. The van der Waals surface area contributed by atoms with Crippen LogP contribution in [0.25, 0.3) is 0 Å². The molecular formula is C14H25NO3. The predicted octanol–water partition coefficient (Wildman–Crippen LogP) is 1.64. The van der Waals surface area contributed by atoms with E-state index >= 15 is 0 Å². The second kappa shape index (κ2) is 5.85. The van der Waals surface area contributed by atoms with E-state index in [1.807, 2.05) is 6.92 Å². The van der Waals surface area contributed by atoms with Gasteiger partial charge in [-0.15, -0.1) is 0 Å². The van der Waals surface area contributed by atoms with Crippen LogP contribution in [0, 0.1) is 5.41 Å². The van der Waals surface area contributed by atoms with Gasteiger partial charge < -0.3 is 15.2 Å².